The summed E-state index contributed by atoms with van der Waals surface area (Å²) in [7, 11) is 0. The molecule has 1 unspecified atom stereocenters. The molecular formula is C26H26N4O5. The van der Waals surface area contributed by atoms with Crippen LogP contribution in [0.2, 0.25) is 0 Å². The molecule has 0 spiro atoms. The van der Waals surface area contributed by atoms with Gasteiger partial charge in [-0.05, 0) is 41.0 Å². The van der Waals surface area contributed by atoms with E-state index in [9.17, 15) is 19.5 Å². The topological polar surface area (TPSA) is 133 Å². The first-order valence-corrected chi connectivity index (χ1v) is 11.6. The van der Waals surface area contributed by atoms with Crippen molar-refractivity contribution in [3.05, 3.63) is 77.9 Å². The van der Waals surface area contributed by atoms with Crippen LogP contribution in [0, 0.1) is 5.92 Å². The zero-order valence-corrected chi connectivity index (χ0v) is 18.9. The van der Waals surface area contributed by atoms with Gasteiger partial charge in [-0.15, -0.1) is 0 Å². The highest BCUT2D eigenvalue weighted by atomic mass is 16.5. The minimum absolute atomic E-state index is 0.0845. The van der Waals surface area contributed by atoms with E-state index in [-0.39, 0.29) is 24.9 Å². The number of carboxylic acid groups (broad SMARTS) is 1. The number of benzene rings is 2. The molecule has 1 saturated carbocycles. The molecule has 2 atom stereocenters. The van der Waals surface area contributed by atoms with Gasteiger partial charge in [0, 0.05) is 24.2 Å². The summed E-state index contributed by atoms with van der Waals surface area (Å²) in [6, 6.07) is 14.0. The fourth-order valence-corrected chi connectivity index (χ4v) is 4.67. The Balaban J connectivity index is 1.27. The largest absolute Gasteiger partial charge is 0.480 e. The highest BCUT2D eigenvalue weighted by Crippen LogP contribution is 2.44. The number of rotatable bonds is 9. The van der Waals surface area contributed by atoms with Crippen molar-refractivity contribution in [1.29, 1.82) is 0 Å². The van der Waals surface area contributed by atoms with Gasteiger partial charge in [0.05, 0.1) is 6.33 Å². The van der Waals surface area contributed by atoms with Crippen molar-refractivity contribution in [3.8, 4) is 11.1 Å². The van der Waals surface area contributed by atoms with Gasteiger partial charge in [0.2, 0.25) is 5.91 Å². The van der Waals surface area contributed by atoms with Crippen LogP contribution in [0.3, 0.4) is 0 Å². The number of imidazole rings is 1. The summed E-state index contributed by atoms with van der Waals surface area (Å²) < 4.78 is 5.58. The Kier molecular flexibility index (Phi) is 6.22. The summed E-state index contributed by atoms with van der Waals surface area (Å²) in [5.74, 6) is -1.85. The van der Waals surface area contributed by atoms with Gasteiger partial charge in [0.15, 0.2) is 0 Å². The number of hydrogen-bond acceptors (Lipinski definition) is 5. The summed E-state index contributed by atoms with van der Waals surface area (Å²) in [6.45, 7) is 0.109. The van der Waals surface area contributed by atoms with E-state index < -0.39 is 30.1 Å². The van der Waals surface area contributed by atoms with Crippen molar-refractivity contribution in [2.24, 2.45) is 5.92 Å². The second-order valence-electron chi connectivity index (χ2n) is 8.97. The maximum absolute atomic E-state index is 13.0. The lowest BCUT2D eigenvalue weighted by atomic mass is 9.98. The van der Waals surface area contributed by atoms with Gasteiger partial charge in [-0.2, -0.15) is 0 Å². The number of fused-ring (bicyclic) bond motifs is 3. The van der Waals surface area contributed by atoms with Crippen LogP contribution in [0.1, 0.15) is 35.6 Å². The molecule has 9 heteroatoms. The van der Waals surface area contributed by atoms with Crippen LogP contribution < -0.4 is 10.6 Å². The molecule has 3 aromatic rings. The maximum atomic E-state index is 13.0. The lowest BCUT2D eigenvalue weighted by molar-refractivity contribution is -0.142. The van der Waals surface area contributed by atoms with Gasteiger partial charge in [-0.25, -0.2) is 14.6 Å². The molecule has 0 radical (unpaired) electrons. The first-order valence-electron chi connectivity index (χ1n) is 11.6. The number of hydrogen-bond donors (Lipinski definition) is 4. The van der Waals surface area contributed by atoms with E-state index in [4.69, 9.17) is 4.74 Å². The Labute approximate surface area is 201 Å². The lowest BCUT2D eigenvalue weighted by Gasteiger charge is -2.21. The molecule has 0 saturated heterocycles. The number of ether oxygens (including phenoxy) is 1. The zero-order chi connectivity index (χ0) is 24.4. The summed E-state index contributed by atoms with van der Waals surface area (Å²) in [4.78, 5) is 44.2. The number of nitrogens with one attached hydrogen (secondary N) is 3. The summed E-state index contributed by atoms with van der Waals surface area (Å²) >= 11 is 0. The number of aromatic nitrogens is 2. The van der Waals surface area contributed by atoms with E-state index in [1.807, 2.05) is 36.4 Å². The van der Waals surface area contributed by atoms with Crippen molar-refractivity contribution in [3.63, 3.8) is 0 Å². The fraction of sp³-hybridized carbons (Fsp3) is 0.308. The third kappa shape index (κ3) is 4.89. The monoisotopic (exact) mass is 474 g/mol. The van der Waals surface area contributed by atoms with Gasteiger partial charge < -0.3 is 25.5 Å². The van der Waals surface area contributed by atoms with Crippen molar-refractivity contribution >= 4 is 18.0 Å². The van der Waals surface area contributed by atoms with Crippen molar-refractivity contribution in [1.82, 2.24) is 20.6 Å². The Morgan fingerprint density at radius 1 is 1.03 bits per heavy atom. The summed E-state index contributed by atoms with van der Waals surface area (Å²) in [5, 5.41) is 14.7. The van der Waals surface area contributed by atoms with Gasteiger partial charge in [-0.3, -0.25) is 4.79 Å². The third-order valence-corrected chi connectivity index (χ3v) is 6.59. The summed E-state index contributed by atoms with van der Waals surface area (Å²) in [6.07, 6.45) is 3.90. The molecule has 0 aliphatic heterocycles. The molecule has 4 N–H and O–H groups in total. The number of aliphatic carboxylic acids is 1. The second-order valence-corrected chi connectivity index (χ2v) is 8.97. The third-order valence-electron chi connectivity index (χ3n) is 6.59. The molecule has 2 aliphatic carbocycles. The number of carboxylic acids is 1. The first-order chi connectivity index (χ1) is 17.0. The molecule has 35 heavy (non-hydrogen) atoms. The molecule has 180 valence electrons. The van der Waals surface area contributed by atoms with Crippen LogP contribution in [0.4, 0.5) is 4.79 Å². The van der Waals surface area contributed by atoms with E-state index >= 15 is 0 Å². The van der Waals surface area contributed by atoms with Crippen LogP contribution in [-0.4, -0.2) is 51.7 Å². The molecule has 1 aromatic heterocycles. The predicted octanol–water partition coefficient (Wildman–Crippen LogP) is 2.84. The quantitative estimate of drug-likeness (QED) is 0.377. The van der Waals surface area contributed by atoms with Crippen LogP contribution >= 0.6 is 0 Å². The maximum Gasteiger partial charge on any atom is 0.407 e. The van der Waals surface area contributed by atoms with Crippen LogP contribution in [0.25, 0.3) is 11.1 Å². The highest BCUT2D eigenvalue weighted by Gasteiger charge is 2.39. The number of aromatic amines is 1. The average Bonchev–Trinajstić information content (AvgIpc) is 3.47. The lowest BCUT2D eigenvalue weighted by Crippen LogP contribution is -2.53. The predicted molar refractivity (Wildman–Crippen MR) is 127 cm³/mol. The van der Waals surface area contributed by atoms with E-state index in [2.05, 4.69) is 32.7 Å². The Bertz CT molecular complexity index is 1190. The number of nitrogens with zero attached hydrogens (tertiary/aromatic N) is 1. The van der Waals surface area contributed by atoms with Gasteiger partial charge in [0.25, 0.3) is 0 Å². The first kappa shape index (κ1) is 22.6. The second kappa shape index (κ2) is 9.61. The number of amides is 2. The van der Waals surface area contributed by atoms with E-state index in [1.165, 1.54) is 6.33 Å². The SMILES string of the molecule is O=C(N[C@@H](Cc1cnc[nH]1)C(=O)NC(C(=O)O)C1CC1)OCC1c2ccccc2-c2ccccc21. The molecule has 2 aliphatic rings. The molecule has 5 rings (SSSR count). The smallest absolute Gasteiger partial charge is 0.407 e. The normalized spacial score (nSPS) is 16.0. The Morgan fingerprint density at radius 3 is 2.26 bits per heavy atom. The number of carbonyl (C=O) groups excluding carboxylic acids is 2. The fourth-order valence-electron chi connectivity index (χ4n) is 4.67. The molecule has 1 heterocycles. The van der Waals surface area contributed by atoms with Crippen LogP contribution in [0.15, 0.2) is 61.1 Å². The number of H-pyrrole nitrogens is 1. The minimum Gasteiger partial charge on any atom is -0.480 e. The van der Waals surface area contributed by atoms with Gasteiger partial charge >= 0.3 is 12.1 Å². The van der Waals surface area contributed by atoms with E-state index in [0.717, 1.165) is 35.1 Å². The molecule has 9 nitrogen and oxygen atoms in total. The Morgan fingerprint density at radius 2 is 1.69 bits per heavy atom. The standard InChI is InChI=1S/C26H26N4O5/c31-24(30-23(25(32)33)15-9-10-15)22(11-16-12-27-14-28-16)29-26(34)35-13-21-19-7-3-1-5-17(19)18-6-2-4-8-20(18)21/h1-8,12,14-15,21-23H,9-11,13H2,(H,27,28)(H,29,34)(H,30,31)(H,32,33)/t22-,23?/m0/s1. The van der Waals surface area contributed by atoms with Crippen molar-refractivity contribution < 1.29 is 24.2 Å². The molecule has 2 amide bonds. The van der Waals surface area contributed by atoms with E-state index in [1.54, 1.807) is 6.20 Å². The zero-order valence-electron chi connectivity index (χ0n) is 18.9. The minimum atomic E-state index is -1.08. The van der Waals surface area contributed by atoms with Gasteiger partial charge in [0.1, 0.15) is 18.7 Å². The molecule has 1 fully saturated rings. The number of alkyl carbamates (subject to hydrolysis) is 1. The van der Waals surface area contributed by atoms with E-state index in [0.29, 0.717) is 5.69 Å². The summed E-state index contributed by atoms with van der Waals surface area (Å²) in [5.41, 5.74) is 5.04. The Hall–Kier alpha value is -4.14. The molecule has 0 bridgehead atoms. The van der Waals surface area contributed by atoms with Crippen LogP contribution in [0.5, 0.6) is 0 Å². The highest BCUT2D eigenvalue weighted by molar-refractivity contribution is 5.89. The number of carbonyl (C=O) groups is 3. The van der Waals surface area contributed by atoms with Crippen molar-refractivity contribution in [2.45, 2.75) is 37.3 Å². The van der Waals surface area contributed by atoms with Crippen molar-refractivity contribution in [2.75, 3.05) is 6.61 Å². The van der Waals surface area contributed by atoms with Crippen LogP contribution in [-0.2, 0) is 20.7 Å². The van der Waals surface area contributed by atoms with Gasteiger partial charge in [-0.1, -0.05) is 48.5 Å². The molecular weight excluding hydrogens is 448 g/mol. The average molecular weight is 475 g/mol. The molecule has 2 aromatic carbocycles.